The average Bonchev–Trinajstić information content (AvgIpc) is 3.18. The van der Waals surface area contributed by atoms with Gasteiger partial charge < -0.3 is 5.11 Å². The van der Waals surface area contributed by atoms with Gasteiger partial charge in [-0.15, -0.1) is 0 Å². The third-order valence-electron chi connectivity index (χ3n) is 3.82. The van der Waals surface area contributed by atoms with Crippen molar-refractivity contribution >= 4 is 16.0 Å². The molecule has 0 saturated carbocycles. The molecule has 1 saturated heterocycles. The van der Waals surface area contributed by atoms with Gasteiger partial charge in [-0.05, 0) is 30.7 Å². The third-order valence-corrected chi connectivity index (χ3v) is 5.70. The van der Waals surface area contributed by atoms with Crippen molar-refractivity contribution in [3.05, 3.63) is 48.0 Å². The lowest BCUT2D eigenvalue weighted by Gasteiger charge is -2.17. The van der Waals surface area contributed by atoms with Crippen LogP contribution in [0.25, 0.3) is 0 Å². The molecule has 1 aromatic heterocycles. The summed E-state index contributed by atoms with van der Waals surface area (Å²) < 4.78 is 42.0. The molecule has 122 valence electrons. The largest absolute Gasteiger partial charge is 0.478 e. The van der Waals surface area contributed by atoms with Crippen LogP contribution in [-0.4, -0.2) is 46.7 Å². The van der Waals surface area contributed by atoms with E-state index in [1.165, 1.54) is 0 Å². The summed E-state index contributed by atoms with van der Waals surface area (Å²) in [6.45, 7) is 0.393. The molecule has 1 aromatic carbocycles. The number of aromatic carboxylic acids is 1. The summed E-state index contributed by atoms with van der Waals surface area (Å²) in [6, 6.07) is 4.37. The Balaban J connectivity index is 1.91. The van der Waals surface area contributed by atoms with Crippen LogP contribution in [0.4, 0.5) is 4.39 Å². The Kier molecular flexibility index (Phi) is 3.90. The lowest BCUT2D eigenvalue weighted by molar-refractivity contribution is 0.0696. The Morgan fingerprint density at radius 2 is 2.17 bits per heavy atom. The van der Waals surface area contributed by atoms with E-state index in [2.05, 4.69) is 5.10 Å². The van der Waals surface area contributed by atoms with Crippen LogP contribution >= 0.6 is 0 Å². The van der Waals surface area contributed by atoms with Crippen LogP contribution in [0.5, 0.6) is 0 Å². The first-order valence-corrected chi connectivity index (χ1v) is 8.36. The number of nitrogens with zero attached hydrogens (tertiary/aromatic N) is 3. The first-order valence-electron chi connectivity index (χ1n) is 6.91. The zero-order valence-electron chi connectivity index (χ0n) is 12.0. The first-order chi connectivity index (χ1) is 10.9. The number of carboxylic acids is 1. The molecule has 0 spiro atoms. The molecular weight excluding hydrogens is 325 g/mol. The predicted octanol–water partition coefficient (Wildman–Crippen LogP) is 1.36. The van der Waals surface area contributed by atoms with Gasteiger partial charge in [0.25, 0.3) is 0 Å². The minimum absolute atomic E-state index is 0.120. The number of carbonyl (C=O) groups is 1. The maximum atomic E-state index is 13.9. The Morgan fingerprint density at radius 1 is 1.39 bits per heavy atom. The maximum absolute atomic E-state index is 13.9. The topological polar surface area (TPSA) is 92.5 Å². The van der Waals surface area contributed by atoms with Crippen LogP contribution < -0.4 is 0 Å². The molecule has 1 unspecified atom stereocenters. The van der Waals surface area contributed by atoms with Gasteiger partial charge in [-0.1, -0.05) is 0 Å². The normalized spacial score (nSPS) is 19.1. The molecule has 2 aromatic rings. The van der Waals surface area contributed by atoms with Crippen molar-refractivity contribution in [3.63, 3.8) is 0 Å². The second kappa shape index (κ2) is 5.74. The molecule has 1 aliphatic heterocycles. The van der Waals surface area contributed by atoms with Crippen molar-refractivity contribution in [1.29, 1.82) is 0 Å². The second-order valence-corrected chi connectivity index (χ2v) is 7.15. The second-order valence-electron chi connectivity index (χ2n) is 5.24. The van der Waals surface area contributed by atoms with Crippen LogP contribution in [0.2, 0.25) is 0 Å². The van der Waals surface area contributed by atoms with E-state index in [0.717, 1.165) is 22.5 Å². The number of hydrogen-bond acceptors (Lipinski definition) is 4. The van der Waals surface area contributed by atoms with Gasteiger partial charge in [-0.3, -0.25) is 4.68 Å². The summed E-state index contributed by atoms with van der Waals surface area (Å²) in [6.07, 6.45) is 3.90. The van der Waals surface area contributed by atoms with E-state index in [0.29, 0.717) is 6.42 Å². The number of benzene rings is 1. The van der Waals surface area contributed by atoms with Gasteiger partial charge in [0.15, 0.2) is 0 Å². The highest BCUT2D eigenvalue weighted by Gasteiger charge is 2.35. The molecule has 1 aliphatic rings. The number of sulfonamides is 1. The van der Waals surface area contributed by atoms with Gasteiger partial charge >= 0.3 is 5.97 Å². The number of halogens is 1. The first kappa shape index (κ1) is 15.6. The molecule has 0 radical (unpaired) electrons. The number of rotatable bonds is 4. The lowest BCUT2D eigenvalue weighted by atomic mass is 10.2. The molecule has 3 rings (SSSR count). The summed E-state index contributed by atoms with van der Waals surface area (Å²) in [5.74, 6) is -2.27. The minimum atomic E-state index is -4.10. The van der Waals surface area contributed by atoms with Gasteiger partial charge in [-0.25, -0.2) is 17.6 Å². The summed E-state index contributed by atoms with van der Waals surface area (Å²) in [4.78, 5) is 10.4. The molecule has 1 N–H and O–H groups in total. The fourth-order valence-electron chi connectivity index (χ4n) is 2.61. The van der Waals surface area contributed by atoms with Gasteiger partial charge in [0.1, 0.15) is 10.7 Å². The summed E-state index contributed by atoms with van der Waals surface area (Å²) in [5, 5.41) is 13.0. The van der Waals surface area contributed by atoms with Crippen LogP contribution in [-0.2, 0) is 10.0 Å². The Labute approximate surface area is 132 Å². The monoisotopic (exact) mass is 339 g/mol. The zero-order chi connectivity index (χ0) is 16.6. The van der Waals surface area contributed by atoms with Crippen molar-refractivity contribution in [2.24, 2.45) is 0 Å². The molecule has 0 amide bonds. The molecular formula is C14H14FN3O4S. The highest BCUT2D eigenvalue weighted by Crippen LogP contribution is 2.28. The van der Waals surface area contributed by atoms with Crippen LogP contribution in [0, 0.1) is 5.82 Å². The van der Waals surface area contributed by atoms with Crippen molar-refractivity contribution in [3.8, 4) is 0 Å². The quantitative estimate of drug-likeness (QED) is 0.908. The Bertz CT molecular complexity index is 836. The SMILES string of the molecule is O=C(O)c1ccc(F)c(S(=O)(=O)N2CCC(n3cccn3)C2)c1. The molecule has 1 atom stereocenters. The predicted molar refractivity (Wildman–Crippen MR) is 78.0 cm³/mol. The van der Waals surface area contributed by atoms with E-state index in [-0.39, 0.29) is 24.7 Å². The van der Waals surface area contributed by atoms with Crippen LogP contribution in [0.1, 0.15) is 22.8 Å². The molecule has 0 aliphatic carbocycles. The number of hydrogen-bond donors (Lipinski definition) is 1. The van der Waals surface area contributed by atoms with E-state index in [4.69, 9.17) is 5.11 Å². The van der Waals surface area contributed by atoms with Crippen molar-refractivity contribution in [2.45, 2.75) is 17.4 Å². The molecule has 7 nitrogen and oxygen atoms in total. The summed E-state index contributed by atoms with van der Waals surface area (Å²) in [7, 11) is -4.10. The Hall–Kier alpha value is -2.26. The molecule has 23 heavy (non-hydrogen) atoms. The number of aromatic nitrogens is 2. The van der Waals surface area contributed by atoms with Gasteiger partial charge in [0, 0.05) is 25.5 Å². The Morgan fingerprint density at radius 3 is 2.83 bits per heavy atom. The highest BCUT2D eigenvalue weighted by molar-refractivity contribution is 7.89. The molecule has 9 heteroatoms. The van der Waals surface area contributed by atoms with Crippen LogP contribution in [0.15, 0.2) is 41.6 Å². The van der Waals surface area contributed by atoms with Crippen molar-refractivity contribution < 1.29 is 22.7 Å². The fourth-order valence-corrected chi connectivity index (χ4v) is 4.20. The van der Waals surface area contributed by atoms with Crippen molar-refractivity contribution in [2.75, 3.05) is 13.1 Å². The van der Waals surface area contributed by atoms with Crippen molar-refractivity contribution in [1.82, 2.24) is 14.1 Å². The van der Waals surface area contributed by atoms with E-state index < -0.39 is 26.7 Å². The standard InChI is InChI=1S/C14H14FN3O4S/c15-12-3-2-10(14(19)20)8-13(12)23(21,22)17-7-4-11(9-17)18-6-1-5-16-18/h1-3,5-6,8,11H,4,7,9H2,(H,19,20). The van der Waals surface area contributed by atoms with E-state index in [9.17, 15) is 17.6 Å². The van der Waals surface area contributed by atoms with Gasteiger partial charge in [0.05, 0.1) is 11.6 Å². The van der Waals surface area contributed by atoms with E-state index >= 15 is 0 Å². The van der Waals surface area contributed by atoms with Gasteiger partial charge in [0.2, 0.25) is 10.0 Å². The average molecular weight is 339 g/mol. The molecule has 0 bridgehead atoms. The zero-order valence-corrected chi connectivity index (χ0v) is 12.8. The third kappa shape index (κ3) is 2.84. The van der Waals surface area contributed by atoms with Gasteiger partial charge in [-0.2, -0.15) is 9.40 Å². The molecule has 2 heterocycles. The lowest BCUT2D eigenvalue weighted by Crippen LogP contribution is -2.30. The summed E-state index contributed by atoms with van der Waals surface area (Å²) in [5.41, 5.74) is -0.271. The summed E-state index contributed by atoms with van der Waals surface area (Å²) >= 11 is 0. The number of carboxylic acid groups (broad SMARTS) is 1. The highest BCUT2D eigenvalue weighted by atomic mass is 32.2. The minimum Gasteiger partial charge on any atom is -0.478 e. The van der Waals surface area contributed by atoms with E-state index in [1.807, 2.05) is 0 Å². The fraction of sp³-hybridized carbons (Fsp3) is 0.286. The maximum Gasteiger partial charge on any atom is 0.335 e. The smallest absolute Gasteiger partial charge is 0.335 e. The molecule has 1 fully saturated rings. The van der Waals surface area contributed by atoms with E-state index in [1.54, 1.807) is 23.1 Å². The van der Waals surface area contributed by atoms with Crippen LogP contribution in [0.3, 0.4) is 0 Å².